The molecule has 0 aliphatic rings. The highest BCUT2D eigenvalue weighted by Gasteiger charge is 2.12. The lowest BCUT2D eigenvalue weighted by Crippen LogP contribution is -2.22. The number of allylic oxidation sites excluding steroid dienone is 1. The summed E-state index contributed by atoms with van der Waals surface area (Å²) in [4.78, 5) is 25.9. The molecule has 5 aromatic rings. The maximum atomic E-state index is 13.6. The number of rotatable bonds is 8. The van der Waals surface area contributed by atoms with Crippen LogP contribution in [0.25, 0.3) is 22.6 Å². The zero-order chi connectivity index (χ0) is 27.5. The van der Waals surface area contributed by atoms with E-state index >= 15 is 0 Å². The molecule has 4 N–H and O–H groups in total. The average molecular weight is 527 g/mol. The predicted molar refractivity (Wildman–Crippen MR) is 149 cm³/mol. The van der Waals surface area contributed by atoms with Gasteiger partial charge in [-0.15, -0.1) is 0 Å². The van der Waals surface area contributed by atoms with E-state index in [1.165, 1.54) is 17.0 Å². The van der Waals surface area contributed by atoms with E-state index in [1.807, 2.05) is 37.3 Å². The van der Waals surface area contributed by atoms with E-state index in [-0.39, 0.29) is 12.1 Å². The number of anilines is 2. The molecule has 0 atom stereocenters. The van der Waals surface area contributed by atoms with E-state index in [0.717, 1.165) is 28.8 Å². The minimum absolute atomic E-state index is 0.0382. The van der Waals surface area contributed by atoms with Crippen LogP contribution in [0, 0.1) is 11.6 Å². The van der Waals surface area contributed by atoms with Crippen LogP contribution >= 0.6 is 0 Å². The van der Waals surface area contributed by atoms with Crippen molar-refractivity contribution in [2.75, 3.05) is 11.1 Å². The molecule has 0 amide bonds. The number of aliphatic imine (C=N–C) groups is 1. The lowest BCUT2D eigenvalue weighted by Gasteiger charge is -2.11. The van der Waals surface area contributed by atoms with E-state index in [0.29, 0.717) is 46.0 Å². The first-order chi connectivity index (χ1) is 18.8. The Bertz CT molecular complexity index is 1770. The highest BCUT2D eigenvalue weighted by Crippen LogP contribution is 2.27. The Morgan fingerprint density at radius 2 is 1.90 bits per heavy atom. The number of nitrogens with one attached hydrogen (secondary N) is 2. The number of nitrogen functional groups attached to an aromatic ring is 1. The van der Waals surface area contributed by atoms with Gasteiger partial charge in [-0.3, -0.25) is 14.5 Å². The second-order valence-electron chi connectivity index (χ2n) is 8.89. The van der Waals surface area contributed by atoms with Crippen LogP contribution in [-0.2, 0) is 13.1 Å². The molecule has 39 heavy (non-hydrogen) atoms. The maximum absolute atomic E-state index is 13.6. The first-order valence-electron chi connectivity index (χ1n) is 11.9. The molecule has 9 nitrogen and oxygen atoms in total. The normalized spacial score (nSPS) is 11.6. The van der Waals surface area contributed by atoms with Crippen LogP contribution in [0.3, 0.4) is 0 Å². The minimum Gasteiger partial charge on any atom is -0.384 e. The largest absolute Gasteiger partial charge is 0.384 e. The lowest BCUT2D eigenvalue weighted by atomic mass is 10.0. The van der Waals surface area contributed by atoms with Crippen molar-refractivity contribution in [3.8, 4) is 0 Å². The Morgan fingerprint density at radius 1 is 1.13 bits per heavy atom. The number of nitrogens with zero attached hydrogens (tertiary/aromatic N) is 5. The third kappa shape index (κ3) is 5.28. The summed E-state index contributed by atoms with van der Waals surface area (Å²) < 4.78 is 28.3. The van der Waals surface area contributed by atoms with E-state index in [1.54, 1.807) is 12.3 Å². The second kappa shape index (κ2) is 10.7. The van der Waals surface area contributed by atoms with Crippen LogP contribution in [0.5, 0.6) is 0 Å². The molecule has 11 heteroatoms. The van der Waals surface area contributed by atoms with Gasteiger partial charge in [-0.25, -0.2) is 23.7 Å². The van der Waals surface area contributed by atoms with Gasteiger partial charge in [0.05, 0.1) is 24.0 Å². The summed E-state index contributed by atoms with van der Waals surface area (Å²) in [7, 11) is 0. The summed E-state index contributed by atoms with van der Waals surface area (Å²) in [5.74, 6) is -0.685. The molecule has 196 valence electrons. The van der Waals surface area contributed by atoms with E-state index in [2.05, 4.69) is 37.2 Å². The van der Waals surface area contributed by atoms with Crippen molar-refractivity contribution in [1.82, 2.24) is 24.7 Å². The molecular formula is C28H24F2N8O. The van der Waals surface area contributed by atoms with Gasteiger partial charge in [0.2, 0.25) is 0 Å². The maximum Gasteiger partial charge on any atom is 0.265 e. The Labute approximate surface area is 221 Å². The highest BCUT2D eigenvalue weighted by molar-refractivity contribution is 5.88. The molecule has 0 aliphatic carbocycles. The smallest absolute Gasteiger partial charge is 0.265 e. The fraction of sp³-hybridized carbons (Fsp3) is 0.107. The number of aromatic nitrogens is 5. The van der Waals surface area contributed by atoms with Crippen molar-refractivity contribution in [2.45, 2.75) is 20.0 Å². The van der Waals surface area contributed by atoms with E-state index in [9.17, 15) is 13.6 Å². The number of hydrogen-bond acceptors (Lipinski definition) is 7. The highest BCUT2D eigenvalue weighted by atomic mass is 19.2. The van der Waals surface area contributed by atoms with Crippen LogP contribution in [0.1, 0.15) is 29.2 Å². The third-order valence-corrected chi connectivity index (χ3v) is 6.27. The van der Waals surface area contributed by atoms with Gasteiger partial charge < -0.3 is 11.1 Å². The first kappa shape index (κ1) is 25.5. The number of aromatic amines is 1. The molecule has 0 saturated carbocycles. The second-order valence-corrected chi connectivity index (χ2v) is 8.89. The number of hydrogen-bond donors (Lipinski definition) is 3. The van der Waals surface area contributed by atoms with Crippen LogP contribution in [-0.4, -0.2) is 31.4 Å². The van der Waals surface area contributed by atoms with E-state index < -0.39 is 11.6 Å². The average Bonchev–Trinajstić information content (AvgIpc) is 3.30. The molecule has 0 bridgehead atoms. The topological polar surface area (TPSA) is 127 Å². The predicted octanol–water partition coefficient (Wildman–Crippen LogP) is 4.93. The monoisotopic (exact) mass is 526 g/mol. The van der Waals surface area contributed by atoms with Crippen LogP contribution in [0.4, 0.5) is 26.2 Å². The zero-order valence-electron chi connectivity index (χ0n) is 20.9. The zero-order valence-corrected chi connectivity index (χ0v) is 20.9. The van der Waals surface area contributed by atoms with Gasteiger partial charge in [0.15, 0.2) is 17.5 Å². The van der Waals surface area contributed by atoms with Gasteiger partial charge in [-0.2, -0.15) is 5.10 Å². The van der Waals surface area contributed by atoms with Crippen molar-refractivity contribution in [2.24, 2.45) is 4.99 Å². The Kier molecular flexibility index (Phi) is 6.96. The number of fused-ring (bicyclic) bond motifs is 1. The van der Waals surface area contributed by atoms with Gasteiger partial charge >= 0.3 is 0 Å². The number of benzene rings is 2. The van der Waals surface area contributed by atoms with Crippen LogP contribution in [0.15, 0.2) is 70.8 Å². The third-order valence-electron chi connectivity index (χ3n) is 6.27. The number of pyridine rings is 1. The summed E-state index contributed by atoms with van der Waals surface area (Å²) in [6.45, 7) is 5.93. The van der Waals surface area contributed by atoms with Crippen molar-refractivity contribution in [3.05, 3.63) is 105 Å². The molecule has 0 radical (unpaired) electrons. The summed E-state index contributed by atoms with van der Waals surface area (Å²) in [5, 5.41) is 10.2. The van der Waals surface area contributed by atoms with Crippen LogP contribution < -0.4 is 16.6 Å². The molecule has 0 unspecified atom stereocenters. The van der Waals surface area contributed by atoms with Gasteiger partial charge in [0.1, 0.15) is 17.0 Å². The molecule has 0 saturated heterocycles. The number of nitrogens with two attached hydrogens (primary N) is 1. The van der Waals surface area contributed by atoms with Gasteiger partial charge in [-0.1, -0.05) is 30.3 Å². The van der Waals surface area contributed by atoms with Crippen molar-refractivity contribution >= 4 is 46.7 Å². The van der Waals surface area contributed by atoms with E-state index in [4.69, 9.17) is 5.73 Å². The Morgan fingerprint density at radius 3 is 2.64 bits per heavy atom. The van der Waals surface area contributed by atoms with Crippen molar-refractivity contribution in [1.29, 1.82) is 0 Å². The standard InChI is InChI=1S/C28H24F2N8O/c1-16(11-20-25(31)36-37-26(20)32-2)19-6-3-17(4-7-19)13-34-27-24-23(9-10-33-27)35-15-38(28(24)39)14-18-5-8-21(29)22(30)12-18/h3-12,15H,2,13-14H2,1H3,(H,33,34)(H3,31,36,37)/b16-11+. The molecule has 3 heterocycles. The molecular weight excluding hydrogens is 502 g/mol. The first-order valence-corrected chi connectivity index (χ1v) is 11.9. The Hall–Kier alpha value is -5.19. The summed E-state index contributed by atoms with van der Waals surface area (Å²) in [6, 6.07) is 13.1. The number of halogens is 2. The molecule has 5 rings (SSSR count). The van der Waals surface area contributed by atoms with Crippen LogP contribution in [0.2, 0.25) is 0 Å². The summed E-state index contributed by atoms with van der Waals surface area (Å²) in [5.41, 5.74) is 10.1. The fourth-order valence-electron chi connectivity index (χ4n) is 4.17. The van der Waals surface area contributed by atoms with Gasteiger partial charge in [0.25, 0.3) is 5.56 Å². The Balaban J connectivity index is 1.35. The quantitative estimate of drug-likeness (QED) is 0.246. The number of H-pyrrole nitrogens is 1. The van der Waals surface area contributed by atoms with Gasteiger partial charge in [0, 0.05) is 12.7 Å². The lowest BCUT2D eigenvalue weighted by molar-refractivity contribution is 0.506. The molecule has 0 aliphatic heterocycles. The molecule has 0 spiro atoms. The SMILES string of the molecule is C=Nc1n[nH]c(N)c1/C=C(\C)c1ccc(CNc2nccc3ncn(Cc4ccc(F)c(F)c4)c(=O)c23)cc1. The molecule has 2 aromatic carbocycles. The van der Waals surface area contributed by atoms with Crippen molar-refractivity contribution in [3.63, 3.8) is 0 Å². The minimum atomic E-state index is -0.973. The van der Waals surface area contributed by atoms with Gasteiger partial charge in [-0.05, 0) is 60.2 Å². The summed E-state index contributed by atoms with van der Waals surface area (Å²) >= 11 is 0. The molecule has 3 aromatic heterocycles. The summed E-state index contributed by atoms with van der Waals surface area (Å²) in [6.07, 6.45) is 4.85. The fourth-order valence-corrected chi connectivity index (χ4v) is 4.17. The van der Waals surface area contributed by atoms with Crippen molar-refractivity contribution < 1.29 is 8.78 Å². The molecule has 0 fully saturated rings.